The summed E-state index contributed by atoms with van der Waals surface area (Å²) in [7, 11) is 0. The fraction of sp³-hybridized carbons (Fsp3) is 0.500. The summed E-state index contributed by atoms with van der Waals surface area (Å²) in [6, 6.07) is 8.23. The lowest BCUT2D eigenvalue weighted by atomic mass is 10.1. The molecule has 0 amide bonds. The van der Waals surface area contributed by atoms with Crippen LogP contribution in [0.15, 0.2) is 24.3 Å². The van der Waals surface area contributed by atoms with E-state index in [9.17, 15) is 0 Å². The lowest BCUT2D eigenvalue weighted by Gasteiger charge is -2.12. The van der Waals surface area contributed by atoms with Gasteiger partial charge in [0.15, 0.2) is 5.82 Å². The van der Waals surface area contributed by atoms with Crippen molar-refractivity contribution in [3.63, 3.8) is 0 Å². The topological polar surface area (TPSA) is 47.0 Å². The number of ether oxygens (including phenoxy) is 1. The van der Waals surface area contributed by atoms with Gasteiger partial charge in [0.2, 0.25) is 0 Å². The molecule has 0 aliphatic heterocycles. The molecule has 0 atom stereocenters. The van der Waals surface area contributed by atoms with E-state index >= 15 is 0 Å². The Labute approximate surface area is 119 Å². The lowest BCUT2D eigenvalue weighted by Crippen LogP contribution is -2.16. The van der Waals surface area contributed by atoms with Crippen LogP contribution in [-0.4, -0.2) is 29.5 Å². The van der Waals surface area contributed by atoms with Crippen molar-refractivity contribution in [2.24, 2.45) is 0 Å². The van der Waals surface area contributed by atoms with E-state index in [1.54, 1.807) is 0 Å². The third-order valence-corrected chi connectivity index (χ3v) is 3.92. The smallest absolute Gasteiger partial charge is 0.156 e. The maximum absolute atomic E-state index is 5.85. The van der Waals surface area contributed by atoms with Gasteiger partial charge >= 0.3 is 0 Å². The Hall–Kier alpha value is -1.68. The van der Waals surface area contributed by atoms with E-state index in [4.69, 9.17) is 4.74 Å². The Balaban J connectivity index is 1.61. The number of nitrogens with zero attached hydrogens (tertiary/aromatic N) is 2. The zero-order chi connectivity index (χ0) is 13.8. The molecule has 3 rings (SSSR count). The van der Waals surface area contributed by atoms with Crippen LogP contribution in [0.1, 0.15) is 31.4 Å². The highest BCUT2D eigenvalue weighted by Crippen LogP contribution is 2.22. The molecule has 1 saturated carbocycles. The average molecular weight is 271 g/mol. The molecule has 0 unspecified atom stereocenters. The molecule has 106 valence electrons. The van der Waals surface area contributed by atoms with E-state index in [0.29, 0.717) is 6.10 Å². The van der Waals surface area contributed by atoms with Gasteiger partial charge in [-0.1, -0.05) is 37.1 Å². The minimum absolute atomic E-state index is 0.470. The van der Waals surface area contributed by atoms with Crippen LogP contribution in [0.25, 0.3) is 10.8 Å². The third kappa shape index (κ3) is 2.90. The molecule has 20 heavy (non-hydrogen) atoms. The summed E-state index contributed by atoms with van der Waals surface area (Å²) in [6.45, 7) is 3.50. The SMILES string of the molecule is Cc1nnc(NCCOC2CCCC2)c2ccccc12. The monoisotopic (exact) mass is 271 g/mol. The highest BCUT2D eigenvalue weighted by Gasteiger charge is 2.14. The molecule has 4 heteroatoms. The fourth-order valence-electron chi connectivity index (χ4n) is 2.82. The van der Waals surface area contributed by atoms with Crippen molar-refractivity contribution in [3.05, 3.63) is 30.0 Å². The number of rotatable bonds is 5. The number of aryl methyl sites for hydroxylation is 1. The van der Waals surface area contributed by atoms with Crippen LogP contribution in [-0.2, 0) is 4.74 Å². The molecule has 0 bridgehead atoms. The first-order valence-corrected chi connectivity index (χ1v) is 7.42. The first-order chi connectivity index (χ1) is 9.84. The molecule has 1 aliphatic carbocycles. The molecule has 0 radical (unpaired) electrons. The van der Waals surface area contributed by atoms with E-state index in [-0.39, 0.29) is 0 Å². The van der Waals surface area contributed by atoms with E-state index in [1.165, 1.54) is 25.7 Å². The maximum atomic E-state index is 5.85. The van der Waals surface area contributed by atoms with Crippen molar-refractivity contribution in [2.75, 3.05) is 18.5 Å². The number of hydrogen-bond acceptors (Lipinski definition) is 4. The second-order valence-corrected chi connectivity index (χ2v) is 5.38. The predicted octanol–water partition coefficient (Wildman–Crippen LogP) is 3.31. The number of anilines is 1. The number of aromatic nitrogens is 2. The first-order valence-electron chi connectivity index (χ1n) is 7.42. The van der Waals surface area contributed by atoms with Crippen molar-refractivity contribution in [2.45, 2.75) is 38.7 Å². The van der Waals surface area contributed by atoms with Crippen molar-refractivity contribution < 1.29 is 4.74 Å². The molecule has 4 nitrogen and oxygen atoms in total. The van der Waals surface area contributed by atoms with Gasteiger partial charge in [0, 0.05) is 17.3 Å². The summed E-state index contributed by atoms with van der Waals surface area (Å²) < 4.78 is 5.85. The summed E-state index contributed by atoms with van der Waals surface area (Å²) in [6.07, 6.45) is 5.52. The van der Waals surface area contributed by atoms with Gasteiger partial charge in [0.05, 0.1) is 18.4 Å². The predicted molar refractivity (Wildman–Crippen MR) is 81.0 cm³/mol. The highest BCUT2D eigenvalue weighted by atomic mass is 16.5. The Morgan fingerprint density at radius 1 is 1.15 bits per heavy atom. The molecule has 1 aliphatic rings. The van der Waals surface area contributed by atoms with Gasteiger partial charge in [-0.15, -0.1) is 5.10 Å². The van der Waals surface area contributed by atoms with Crippen LogP contribution in [0.3, 0.4) is 0 Å². The van der Waals surface area contributed by atoms with Crippen LogP contribution >= 0.6 is 0 Å². The first kappa shape index (κ1) is 13.3. The zero-order valence-electron chi connectivity index (χ0n) is 11.9. The van der Waals surface area contributed by atoms with Gasteiger partial charge in [-0.05, 0) is 19.8 Å². The summed E-state index contributed by atoms with van der Waals surface area (Å²) in [4.78, 5) is 0. The molecular formula is C16H21N3O. The molecule has 2 aromatic rings. The highest BCUT2D eigenvalue weighted by molar-refractivity contribution is 5.92. The van der Waals surface area contributed by atoms with E-state index in [0.717, 1.165) is 35.4 Å². The van der Waals surface area contributed by atoms with E-state index < -0.39 is 0 Å². The number of fused-ring (bicyclic) bond motifs is 1. The normalized spacial score (nSPS) is 15.8. The quantitative estimate of drug-likeness (QED) is 0.848. The van der Waals surface area contributed by atoms with Crippen LogP contribution in [0, 0.1) is 6.92 Å². The van der Waals surface area contributed by atoms with E-state index in [2.05, 4.69) is 27.6 Å². The Kier molecular flexibility index (Phi) is 4.11. The molecule has 0 saturated heterocycles. The molecule has 1 aromatic heterocycles. The van der Waals surface area contributed by atoms with Gasteiger partial charge in [-0.3, -0.25) is 0 Å². The van der Waals surface area contributed by atoms with Crippen molar-refractivity contribution >= 4 is 16.6 Å². The summed E-state index contributed by atoms with van der Waals surface area (Å²) >= 11 is 0. The van der Waals surface area contributed by atoms with Crippen LogP contribution in [0.4, 0.5) is 5.82 Å². The Morgan fingerprint density at radius 3 is 2.70 bits per heavy atom. The van der Waals surface area contributed by atoms with Gasteiger partial charge in [0.1, 0.15) is 0 Å². The summed E-state index contributed by atoms with van der Waals surface area (Å²) in [5.74, 6) is 0.848. The third-order valence-electron chi connectivity index (χ3n) is 3.92. The molecule has 0 spiro atoms. The summed E-state index contributed by atoms with van der Waals surface area (Å²) in [5, 5.41) is 14.1. The van der Waals surface area contributed by atoms with Gasteiger partial charge < -0.3 is 10.1 Å². The largest absolute Gasteiger partial charge is 0.376 e. The van der Waals surface area contributed by atoms with Gasteiger partial charge in [-0.25, -0.2) is 0 Å². The van der Waals surface area contributed by atoms with Crippen molar-refractivity contribution in [3.8, 4) is 0 Å². The van der Waals surface area contributed by atoms with Crippen LogP contribution < -0.4 is 5.32 Å². The molecule has 1 aromatic carbocycles. The van der Waals surface area contributed by atoms with Gasteiger partial charge in [-0.2, -0.15) is 5.10 Å². The number of hydrogen-bond donors (Lipinski definition) is 1. The average Bonchev–Trinajstić information content (AvgIpc) is 2.99. The standard InChI is InChI=1S/C16H21N3O/c1-12-14-8-4-5-9-15(14)16(19-18-12)17-10-11-20-13-6-2-3-7-13/h4-5,8-9,13H,2-3,6-7,10-11H2,1H3,(H,17,19). The second kappa shape index (κ2) is 6.18. The lowest BCUT2D eigenvalue weighted by molar-refractivity contribution is 0.0659. The Bertz CT molecular complexity index is 579. The van der Waals surface area contributed by atoms with E-state index in [1.807, 2.05) is 19.1 Å². The minimum atomic E-state index is 0.470. The maximum Gasteiger partial charge on any atom is 0.156 e. The molecule has 1 fully saturated rings. The van der Waals surface area contributed by atoms with Crippen molar-refractivity contribution in [1.29, 1.82) is 0 Å². The van der Waals surface area contributed by atoms with Crippen LogP contribution in [0.2, 0.25) is 0 Å². The molecular weight excluding hydrogens is 250 g/mol. The second-order valence-electron chi connectivity index (χ2n) is 5.38. The molecule has 1 N–H and O–H groups in total. The minimum Gasteiger partial charge on any atom is -0.376 e. The van der Waals surface area contributed by atoms with Gasteiger partial charge in [0.25, 0.3) is 0 Å². The zero-order valence-corrected chi connectivity index (χ0v) is 11.9. The molecule has 1 heterocycles. The number of benzene rings is 1. The summed E-state index contributed by atoms with van der Waals surface area (Å²) in [5.41, 5.74) is 0.966. The van der Waals surface area contributed by atoms with Crippen LogP contribution in [0.5, 0.6) is 0 Å². The fourth-order valence-corrected chi connectivity index (χ4v) is 2.82. The number of nitrogens with one attached hydrogen (secondary N) is 1. The van der Waals surface area contributed by atoms with Crippen molar-refractivity contribution in [1.82, 2.24) is 10.2 Å². The Morgan fingerprint density at radius 2 is 1.90 bits per heavy atom.